The summed E-state index contributed by atoms with van der Waals surface area (Å²) in [6.45, 7) is 2.86. The van der Waals surface area contributed by atoms with E-state index < -0.39 is 0 Å². The molecule has 0 spiro atoms. The van der Waals surface area contributed by atoms with Crippen molar-refractivity contribution in [1.29, 1.82) is 0 Å². The van der Waals surface area contributed by atoms with E-state index in [0.717, 1.165) is 19.6 Å². The van der Waals surface area contributed by atoms with Crippen LogP contribution >= 0.6 is 0 Å². The van der Waals surface area contributed by atoms with Crippen LogP contribution in [-0.2, 0) is 6.54 Å². The molecule has 0 radical (unpaired) electrons. The maximum atomic E-state index is 5.71. The molecule has 0 unspecified atom stereocenters. The topological polar surface area (TPSA) is 38.0 Å². The molecule has 76 valence electrons. The van der Waals surface area contributed by atoms with Crippen LogP contribution in [-0.4, -0.2) is 13.1 Å². The molecule has 14 heavy (non-hydrogen) atoms. The first-order valence-corrected chi connectivity index (χ1v) is 5.29. The fraction of sp³-hybridized carbons (Fsp3) is 0.500. The molecule has 2 nitrogen and oxygen atoms in total. The van der Waals surface area contributed by atoms with Crippen LogP contribution in [0.4, 0.5) is 0 Å². The fourth-order valence-corrected chi connectivity index (χ4v) is 1.70. The Morgan fingerprint density at radius 3 is 2.50 bits per heavy atom. The van der Waals surface area contributed by atoms with Crippen molar-refractivity contribution >= 4 is 0 Å². The Morgan fingerprint density at radius 2 is 1.93 bits per heavy atom. The molecule has 1 aromatic rings. The van der Waals surface area contributed by atoms with E-state index >= 15 is 0 Å². The molecule has 3 N–H and O–H groups in total. The van der Waals surface area contributed by atoms with E-state index in [9.17, 15) is 0 Å². The van der Waals surface area contributed by atoms with Crippen LogP contribution in [0.2, 0.25) is 0 Å². The highest BCUT2D eigenvalue weighted by atomic mass is 14.9. The minimum absolute atomic E-state index is 0.439. The first-order valence-electron chi connectivity index (χ1n) is 5.29. The van der Waals surface area contributed by atoms with Gasteiger partial charge in [0.1, 0.15) is 0 Å². The second kappa shape index (κ2) is 4.11. The normalized spacial score (nSPS) is 18.1. The maximum absolute atomic E-state index is 5.71. The summed E-state index contributed by atoms with van der Waals surface area (Å²) < 4.78 is 0. The van der Waals surface area contributed by atoms with E-state index in [0.29, 0.717) is 5.41 Å². The highest BCUT2D eigenvalue weighted by Gasteiger charge is 2.40. The van der Waals surface area contributed by atoms with Crippen LogP contribution in [0.5, 0.6) is 0 Å². The minimum Gasteiger partial charge on any atom is -0.330 e. The zero-order valence-corrected chi connectivity index (χ0v) is 8.50. The molecular formula is C12H18N2. The SMILES string of the molecule is NCC1(CNCc2ccccc2)CC1. The van der Waals surface area contributed by atoms with E-state index in [1.807, 2.05) is 6.07 Å². The third-order valence-electron chi connectivity index (χ3n) is 3.06. The third-order valence-corrected chi connectivity index (χ3v) is 3.06. The molecule has 0 heterocycles. The number of hydrogen-bond donors (Lipinski definition) is 2. The molecule has 0 amide bonds. The van der Waals surface area contributed by atoms with Crippen molar-refractivity contribution in [3.63, 3.8) is 0 Å². The van der Waals surface area contributed by atoms with Crippen LogP contribution in [0.15, 0.2) is 30.3 Å². The van der Waals surface area contributed by atoms with Gasteiger partial charge in [0, 0.05) is 13.1 Å². The van der Waals surface area contributed by atoms with Crippen LogP contribution in [0, 0.1) is 5.41 Å². The smallest absolute Gasteiger partial charge is 0.0205 e. The van der Waals surface area contributed by atoms with Gasteiger partial charge in [-0.3, -0.25) is 0 Å². The van der Waals surface area contributed by atoms with Crippen LogP contribution in [0.3, 0.4) is 0 Å². The molecule has 1 saturated carbocycles. The van der Waals surface area contributed by atoms with Gasteiger partial charge in [-0.1, -0.05) is 30.3 Å². The van der Waals surface area contributed by atoms with E-state index in [2.05, 4.69) is 29.6 Å². The van der Waals surface area contributed by atoms with E-state index in [1.54, 1.807) is 0 Å². The van der Waals surface area contributed by atoms with Gasteiger partial charge in [0.05, 0.1) is 0 Å². The summed E-state index contributed by atoms with van der Waals surface area (Å²) in [5.41, 5.74) is 7.50. The van der Waals surface area contributed by atoms with Crippen LogP contribution in [0.1, 0.15) is 18.4 Å². The predicted octanol–water partition coefficient (Wildman–Crippen LogP) is 1.52. The molecule has 2 rings (SSSR count). The Morgan fingerprint density at radius 1 is 1.21 bits per heavy atom. The molecule has 1 aliphatic carbocycles. The van der Waals surface area contributed by atoms with E-state index in [-0.39, 0.29) is 0 Å². The van der Waals surface area contributed by atoms with Crippen molar-refractivity contribution in [3.05, 3.63) is 35.9 Å². The second-order valence-electron chi connectivity index (χ2n) is 4.29. The summed E-state index contributed by atoms with van der Waals surface area (Å²) in [6, 6.07) is 10.5. The van der Waals surface area contributed by atoms with Gasteiger partial charge in [-0.25, -0.2) is 0 Å². The monoisotopic (exact) mass is 190 g/mol. The Bertz CT molecular complexity index is 278. The lowest BCUT2D eigenvalue weighted by molar-refractivity contribution is 0.468. The second-order valence-corrected chi connectivity index (χ2v) is 4.29. The Balaban J connectivity index is 1.73. The van der Waals surface area contributed by atoms with Gasteiger partial charge in [0.25, 0.3) is 0 Å². The lowest BCUT2D eigenvalue weighted by atomic mass is 10.1. The van der Waals surface area contributed by atoms with Crippen molar-refractivity contribution in [2.24, 2.45) is 11.1 Å². The number of nitrogens with two attached hydrogens (primary N) is 1. The summed E-state index contributed by atoms with van der Waals surface area (Å²) in [5, 5.41) is 3.48. The number of hydrogen-bond acceptors (Lipinski definition) is 2. The minimum atomic E-state index is 0.439. The standard InChI is InChI=1S/C12H18N2/c13-9-12(6-7-12)10-14-8-11-4-2-1-3-5-11/h1-5,14H,6-10,13H2. The van der Waals surface area contributed by atoms with E-state index in [4.69, 9.17) is 5.73 Å². The molecular weight excluding hydrogens is 172 g/mol. The third kappa shape index (κ3) is 2.34. The van der Waals surface area contributed by atoms with Gasteiger partial charge in [0.2, 0.25) is 0 Å². The van der Waals surface area contributed by atoms with Crippen molar-refractivity contribution in [3.8, 4) is 0 Å². The molecule has 2 heteroatoms. The molecule has 1 aliphatic rings. The first kappa shape index (κ1) is 9.69. The van der Waals surface area contributed by atoms with Crippen molar-refractivity contribution in [2.75, 3.05) is 13.1 Å². The molecule has 1 aromatic carbocycles. The quantitative estimate of drug-likeness (QED) is 0.738. The average Bonchev–Trinajstić information content (AvgIpc) is 3.00. The lowest BCUT2D eigenvalue weighted by Crippen LogP contribution is -2.29. The Hall–Kier alpha value is -0.860. The number of nitrogens with one attached hydrogen (secondary N) is 1. The average molecular weight is 190 g/mol. The summed E-state index contributed by atoms with van der Waals surface area (Å²) in [4.78, 5) is 0. The zero-order valence-electron chi connectivity index (χ0n) is 8.50. The summed E-state index contributed by atoms with van der Waals surface area (Å²) in [6.07, 6.45) is 2.59. The van der Waals surface area contributed by atoms with Crippen molar-refractivity contribution in [1.82, 2.24) is 5.32 Å². The Labute approximate surface area is 85.5 Å². The van der Waals surface area contributed by atoms with Gasteiger partial charge in [0.15, 0.2) is 0 Å². The van der Waals surface area contributed by atoms with Crippen LogP contribution in [0.25, 0.3) is 0 Å². The summed E-state index contributed by atoms with van der Waals surface area (Å²) in [5.74, 6) is 0. The van der Waals surface area contributed by atoms with Crippen molar-refractivity contribution in [2.45, 2.75) is 19.4 Å². The zero-order chi connectivity index (χ0) is 9.86. The highest BCUT2D eigenvalue weighted by molar-refractivity contribution is 5.14. The lowest BCUT2D eigenvalue weighted by Gasteiger charge is -2.13. The molecule has 0 aromatic heterocycles. The van der Waals surface area contributed by atoms with E-state index in [1.165, 1.54) is 18.4 Å². The predicted molar refractivity (Wildman–Crippen MR) is 58.9 cm³/mol. The van der Waals surface area contributed by atoms with Gasteiger partial charge >= 0.3 is 0 Å². The van der Waals surface area contributed by atoms with Crippen LogP contribution < -0.4 is 11.1 Å². The fourth-order valence-electron chi connectivity index (χ4n) is 1.70. The molecule has 1 fully saturated rings. The van der Waals surface area contributed by atoms with Gasteiger partial charge in [-0.05, 0) is 30.4 Å². The highest BCUT2D eigenvalue weighted by Crippen LogP contribution is 2.43. The molecule has 0 atom stereocenters. The molecule has 0 bridgehead atoms. The van der Waals surface area contributed by atoms with Gasteiger partial charge < -0.3 is 11.1 Å². The van der Waals surface area contributed by atoms with Gasteiger partial charge in [-0.15, -0.1) is 0 Å². The Kier molecular flexibility index (Phi) is 2.85. The number of benzene rings is 1. The molecule has 0 saturated heterocycles. The maximum Gasteiger partial charge on any atom is 0.0205 e. The van der Waals surface area contributed by atoms with Gasteiger partial charge in [-0.2, -0.15) is 0 Å². The number of rotatable bonds is 5. The largest absolute Gasteiger partial charge is 0.330 e. The first-order chi connectivity index (χ1) is 6.85. The summed E-state index contributed by atoms with van der Waals surface area (Å²) in [7, 11) is 0. The van der Waals surface area contributed by atoms with Crippen molar-refractivity contribution < 1.29 is 0 Å². The molecule has 0 aliphatic heterocycles. The summed E-state index contributed by atoms with van der Waals surface area (Å²) >= 11 is 0.